The zero-order chi connectivity index (χ0) is 14.7. The quantitative estimate of drug-likeness (QED) is 0.699. The number of rotatable bonds is 4. The van der Waals surface area contributed by atoms with E-state index in [4.69, 9.17) is 5.11 Å². The smallest absolute Gasteiger partial charge is 0.328 e. The highest BCUT2D eigenvalue weighted by molar-refractivity contribution is 5.85. The maximum atomic E-state index is 13.2. The molecular formula is C14H16FNO4. The zero-order valence-corrected chi connectivity index (χ0v) is 10.7. The van der Waals surface area contributed by atoms with Crippen molar-refractivity contribution < 1.29 is 24.5 Å². The van der Waals surface area contributed by atoms with Gasteiger partial charge in [-0.15, -0.1) is 0 Å². The van der Waals surface area contributed by atoms with Crippen LogP contribution in [0.3, 0.4) is 0 Å². The van der Waals surface area contributed by atoms with Gasteiger partial charge in [-0.1, -0.05) is 6.07 Å². The number of benzene rings is 1. The summed E-state index contributed by atoms with van der Waals surface area (Å²) < 4.78 is 13.2. The van der Waals surface area contributed by atoms with E-state index in [2.05, 4.69) is 0 Å². The van der Waals surface area contributed by atoms with Crippen molar-refractivity contribution in [3.05, 3.63) is 41.2 Å². The monoisotopic (exact) mass is 281 g/mol. The van der Waals surface area contributed by atoms with E-state index in [1.165, 1.54) is 18.2 Å². The third-order valence-corrected chi connectivity index (χ3v) is 3.24. The van der Waals surface area contributed by atoms with E-state index < -0.39 is 24.0 Å². The van der Waals surface area contributed by atoms with E-state index in [-0.39, 0.29) is 0 Å². The fourth-order valence-corrected chi connectivity index (χ4v) is 2.24. The van der Waals surface area contributed by atoms with Crippen molar-refractivity contribution in [3.8, 4) is 0 Å². The minimum absolute atomic E-state index is 0.334. The molecule has 3 N–H and O–H groups in total. The van der Waals surface area contributed by atoms with E-state index in [1.807, 2.05) is 4.90 Å². The number of β-amino-alcohol motifs (C(OH)–C–C–N with tert-alkyl or cyclic N) is 2. The van der Waals surface area contributed by atoms with Gasteiger partial charge in [-0.25, -0.2) is 9.18 Å². The second-order valence-corrected chi connectivity index (χ2v) is 4.84. The summed E-state index contributed by atoms with van der Waals surface area (Å²) in [5, 5.41) is 27.6. The van der Waals surface area contributed by atoms with Gasteiger partial charge >= 0.3 is 5.97 Å². The first-order valence-electron chi connectivity index (χ1n) is 6.23. The summed E-state index contributed by atoms with van der Waals surface area (Å²) in [5.41, 5.74) is 1.22. The van der Waals surface area contributed by atoms with Crippen LogP contribution in [0.15, 0.2) is 24.3 Å². The van der Waals surface area contributed by atoms with Crippen molar-refractivity contribution in [2.45, 2.75) is 18.8 Å². The number of halogens is 1. The summed E-state index contributed by atoms with van der Waals surface area (Å²) in [6, 6.07) is 4.14. The number of carbonyl (C=O) groups is 1. The lowest BCUT2D eigenvalue weighted by atomic mass is 10.1. The molecule has 0 saturated carbocycles. The maximum absolute atomic E-state index is 13.2. The highest BCUT2D eigenvalue weighted by Gasteiger charge is 2.29. The summed E-state index contributed by atoms with van der Waals surface area (Å²) >= 11 is 0. The van der Waals surface area contributed by atoms with Gasteiger partial charge in [-0.2, -0.15) is 0 Å². The van der Waals surface area contributed by atoms with Gasteiger partial charge in [0.05, 0.1) is 12.2 Å². The molecule has 0 amide bonds. The van der Waals surface area contributed by atoms with Crippen LogP contribution in [0, 0.1) is 5.82 Å². The SMILES string of the molecule is O=C(O)/C=C/c1cc(F)ccc1CN1CC(O)C(O)C1. The number of aliphatic carboxylic acids is 1. The maximum Gasteiger partial charge on any atom is 0.328 e. The van der Waals surface area contributed by atoms with Crippen LogP contribution in [-0.4, -0.2) is 51.5 Å². The fraction of sp³-hybridized carbons (Fsp3) is 0.357. The molecule has 0 aromatic heterocycles. The van der Waals surface area contributed by atoms with Gasteiger partial charge in [0.25, 0.3) is 0 Å². The second-order valence-electron chi connectivity index (χ2n) is 4.84. The van der Waals surface area contributed by atoms with E-state index in [1.54, 1.807) is 6.07 Å². The fourth-order valence-electron chi connectivity index (χ4n) is 2.24. The summed E-state index contributed by atoms with van der Waals surface area (Å²) in [5.74, 6) is -1.55. The molecule has 5 nitrogen and oxygen atoms in total. The Labute approximate surface area is 115 Å². The molecule has 1 aromatic carbocycles. The first kappa shape index (κ1) is 14.6. The first-order chi connectivity index (χ1) is 9.45. The molecule has 0 radical (unpaired) electrons. The third-order valence-electron chi connectivity index (χ3n) is 3.24. The summed E-state index contributed by atoms with van der Waals surface area (Å²) in [7, 11) is 0. The lowest BCUT2D eigenvalue weighted by Gasteiger charge is -2.16. The van der Waals surface area contributed by atoms with Crippen LogP contribution in [0.1, 0.15) is 11.1 Å². The molecule has 0 aliphatic carbocycles. The van der Waals surface area contributed by atoms with Gasteiger partial charge in [-0.05, 0) is 29.3 Å². The van der Waals surface area contributed by atoms with Crippen LogP contribution in [0.25, 0.3) is 6.08 Å². The summed E-state index contributed by atoms with van der Waals surface area (Å²) in [4.78, 5) is 12.4. The van der Waals surface area contributed by atoms with Gasteiger partial charge in [0.2, 0.25) is 0 Å². The molecule has 0 bridgehead atoms. The number of hydrogen-bond donors (Lipinski definition) is 3. The van der Waals surface area contributed by atoms with Crippen molar-refractivity contribution in [1.82, 2.24) is 4.90 Å². The summed E-state index contributed by atoms with van der Waals surface area (Å²) in [6.45, 7) is 1.08. The average Bonchev–Trinajstić information content (AvgIpc) is 2.68. The Hall–Kier alpha value is -1.76. The number of nitrogens with zero attached hydrogens (tertiary/aromatic N) is 1. The third kappa shape index (κ3) is 3.63. The zero-order valence-electron chi connectivity index (χ0n) is 10.7. The molecule has 1 fully saturated rings. The second kappa shape index (κ2) is 6.13. The van der Waals surface area contributed by atoms with Crippen molar-refractivity contribution >= 4 is 12.0 Å². The highest BCUT2D eigenvalue weighted by Crippen LogP contribution is 2.19. The number of likely N-dealkylation sites (tertiary alicyclic amines) is 1. The van der Waals surface area contributed by atoms with Crippen LogP contribution < -0.4 is 0 Å². The van der Waals surface area contributed by atoms with Gasteiger partial charge < -0.3 is 15.3 Å². The minimum Gasteiger partial charge on any atom is -0.478 e. The molecule has 20 heavy (non-hydrogen) atoms. The van der Waals surface area contributed by atoms with Crippen molar-refractivity contribution in [2.75, 3.05) is 13.1 Å². The van der Waals surface area contributed by atoms with Gasteiger partial charge in [0.1, 0.15) is 5.82 Å². The number of carboxylic acids is 1. The topological polar surface area (TPSA) is 81.0 Å². The Morgan fingerprint density at radius 3 is 2.60 bits per heavy atom. The average molecular weight is 281 g/mol. The predicted molar refractivity (Wildman–Crippen MR) is 70.4 cm³/mol. The molecule has 2 atom stereocenters. The number of carboxylic acid groups (broad SMARTS) is 1. The van der Waals surface area contributed by atoms with E-state index in [0.29, 0.717) is 25.2 Å². The van der Waals surface area contributed by atoms with Crippen molar-refractivity contribution in [3.63, 3.8) is 0 Å². The number of aliphatic hydroxyl groups is 2. The highest BCUT2D eigenvalue weighted by atomic mass is 19.1. The van der Waals surface area contributed by atoms with E-state index in [0.717, 1.165) is 11.6 Å². The Morgan fingerprint density at radius 1 is 1.35 bits per heavy atom. The normalized spacial score (nSPS) is 23.6. The molecule has 1 aromatic rings. The molecule has 2 unspecified atom stereocenters. The lowest BCUT2D eigenvalue weighted by Crippen LogP contribution is -2.22. The molecular weight excluding hydrogens is 265 g/mol. The molecule has 2 rings (SSSR count). The van der Waals surface area contributed by atoms with Crippen molar-refractivity contribution in [1.29, 1.82) is 0 Å². The molecule has 6 heteroatoms. The molecule has 1 saturated heterocycles. The van der Waals surface area contributed by atoms with Crippen molar-refractivity contribution in [2.24, 2.45) is 0 Å². The molecule has 0 spiro atoms. The van der Waals surface area contributed by atoms with Crippen LogP contribution >= 0.6 is 0 Å². The van der Waals surface area contributed by atoms with E-state index in [9.17, 15) is 19.4 Å². The predicted octanol–water partition coefficient (Wildman–Crippen LogP) is 0.461. The Bertz CT molecular complexity index is 522. The molecule has 1 aliphatic heterocycles. The lowest BCUT2D eigenvalue weighted by molar-refractivity contribution is -0.131. The van der Waals surface area contributed by atoms with Gasteiger partial charge in [0.15, 0.2) is 0 Å². The molecule has 1 aliphatic rings. The Morgan fingerprint density at radius 2 is 2.00 bits per heavy atom. The largest absolute Gasteiger partial charge is 0.478 e. The molecule has 1 heterocycles. The number of aliphatic hydroxyl groups excluding tert-OH is 2. The van der Waals surface area contributed by atoms with Crippen LogP contribution in [0.4, 0.5) is 4.39 Å². The number of hydrogen-bond acceptors (Lipinski definition) is 4. The summed E-state index contributed by atoms with van der Waals surface area (Å²) in [6.07, 6.45) is 0.720. The molecule has 108 valence electrons. The van der Waals surface area contributed by atoms with Crippen LogP contribution in [-0.2, 0) is 11.3 Å². The Kier molecular flexibility index (Phi) is 4.49. The van der Waals surface area contributed by atoms with Gasteiger partial charge in [-0.3, -0.25) is 4.90 Å². The minimum atomic E-state index is -1.10. The Balaban J connectivity index is 2.17. The van der Waals surface area contributed by atoms with Crippen LogP contribution in [0.2, 0.25) is 0 Å². The standard InChI is InChI=1S/C14H16FNO4/c15-11-3-1-10(9(5-11)2-4-14(19)20)6-16-7-12(17)13(18)8-16/h1-5,12-13,17-18H,6-8H2,(H,19,20)/b4-2+. The van der Waals surface area contributed by atoms with E-state index >= 15 is 0 Å². The van der Waals surface area contributed by atoms with Gasteiger partial charge in [0, 0.05) is 25.7 Å². The first-order valence-corrected chi connectivity index (χ1v) is 6.23. The van der Waals surface area contributed by atoms with Crippen LogP contribution in [0.5, 0.6) is 0 Å².